The minimum Gasteiger partial charge on any atom is -0.497 e. The zero-order valence-corrected chi connectivity index (χ0v) is 28.6. The molecular formula is C39H48O5Si. The summed E-state index contributed by atoms with van der Waals surface area (Å²) >= 11 is 0. The van der Waals surface area contributed by atoms with Gasteiger partial charge in [0.05, 0.1) is 39.5 Å². The Morgan fingerprint density at radius 2 is 1.56 bits per heavy atom. The van der Waals surface area contributed by atoms with Crippen LogP contribution in [-0.4, -0.2) is 41.2 Å². The lowest BCUT2D eigenvalue weighted by Crippen LogP contribution is -2.69. The molecule has 1 saturated carbocycles. The van der Waals surface area contributed by atoms with Crippen molar-refractivity contribution < 1.29 is 23.4 Å². The number of hydrogen-bond acceptors (Lipinski definition) is 5. The van der Waals surface area contributed by atoms with E-state index in [1.54, 1.807) is 7.11 Å². The van der Waals surface area contributed by atoms with Crippen LogP contribution in [0.1, 0.15) is 46.1 Å². The largest absolute Gasteiger partial charge is 0.497 e. The highest BCUT2D eigenvalue weighted by atomic mass is 28.4. The Bertz CT molecular complexity index is 1440. The van der Waals surface area contributed by atoms with Gasteiger partial charge in [-0.05, 0) is 63.2 Å². The normalized spacial score (nSPS) is 22.6. The Labute approximate surface area is 270 Å². The molecule has 0 radical (unpaired) electrons. The summed E-state index contributed by atoms with van der Waals surface area (Å²) in [6, 6.07) is 29.0. The number of esters is 1. The molecule has 0 saturated heterocycles. The lowest BCUT2D eigenvalue weighted by Gasteiger charge is -2.47. The summed E-state index contributed by atoms with van der Waals surface area (Å²) in [4.78, 5) is 14.0. The summed E-state index contributed by atoms with van der Waals surface area (Å²) in [7, 11) is 0.0938. The van der Waals surface area contributed by atoms with Crippen LogP contribution in [0.2, 0.25) is 5.04 Å². The number of carbonyl (C=O) groups excluding carboxylic acids is 1. The monoisotopic (exact) mass is 624 g/mol. The van der Waals surface area contributed by atoms with Gasteiger partial charge in [0.25, 0.3) is 8.32 Å². The number of rotatable bonds is 12. The molecule has 5 rings (SSSR count). The Hall–Kier alpha value is -3.45. The van der Waals surface area contributed by atoms with Gasteiger partial charge in [0.2, 0.25) is 0 Å². The molecule has 0 amide bonds. The molecule has 3 aromatic carbocycles. The third kappa shape index (κ3) is 6.46. The molecule has 0 spiro atoms. The van der Waals surface area contributed by atoms with Crippen molar-refractivity contribution in [2.45, 2.75) is 58.3 Å². The maximum absolute atomic E-state index is 14.0. The Kier molecular flexibility index (Phi) is 9.87. The summed E-state index contributed by atoms with van der Waals surface area (Å²) < 4.78 is 25.1. The van der Waals surface area contributed by atoms with Crippen molar-refractivity contribution >= 4 is 24.7 Å². The molecule has 0 aliphatic heterocycles. The molecule has 0 bridgehead atoms. The second-order valence-corrected chi connectivity index (χ2v) is 18.1. The third-order valence-electron chi connectivity index (χ3n) is 9.96. The molecule has 238 valence electrons. The van der Waals surface area contributed by atoms with Crippen molar-refractivity contribution in [3.05, 3.63) is 115 Å². The molecule has 0 aromatic heterocycles. The molecule has 45 heavy (non-hydrogen) atoms. The second-order valence-electron chi connectivity index (χ2n) is 13.8. The maximum Gasteiger partial charge on any atom is 0.311 e. The highest BCUT2D eigenvalue weighted by Gasteiger charge is 2.56. The lowest BCUT2D eigenvalue weighted by molar-refractivity contribution is -0.153. The first-order chi connectivity index (χ1) is 21.5. The average molecular weight is 625 g/mol. The van der Waals surface area contributed by atoms with Gasteiger partial charge in [-0.15, -0.1) is 0 Å². The first kappa shape index (κ1) is 32.9. The van der Waals surface area contributed by atoms with Gasteiger partial charge in [-0.3, -0.25) is 4.79 Å². The molecule has 1 fully saturated rings. The fourth-order valence-electron chi connectivity index (χ4n) is 7.71. The van der Waals surface area contributed by atoms with Crippen molar-refractivity contribution in [3.63, 3.8) is 0 Å². The van der Waals surface area contributed by atoms with Crippen molar-refractivity contribution in [2.24, 2.45) is 23.2 Å². The van der Waals surface area contributed by atoms with Crippen LogP contribution >= 0.6 is 0 Å². The Morgan fingerprint density at radius 1 is 0.956 bits per heavy atom. The van der Waals surface area contributed by atoms with Crippen LogP contribution in [0.25, 0.3) is 0 Å². The SMILES string of the molecule is C=C1CC[C@@]2(C)C=C[C@H](C(C(=O)OC)C(COCc3ccc(OC)cc3)O[Si](c3ccccc3)(c3ccccc3)C(C)(C)C)[C@@H]12. The molecular weight excluding hydrogens is 577 g/mol. The smallest absolute Gasteiger partial charge is 0.311 e. The molecule has 2 aliphatic rings. The zero-order valence-electron chi connectivity index (χ0n) is 27.6. The van der Waals surface area contributed by atoms with Gasteiger partial charge in [-0.25, -0.2) is 0 Å². The number of fused-ring (bicyclic) bond motifs is 1. The van der Waals surface area contributed by atoms with Crippen LogP contribution in [0.4, 0.5) is 0 Å². The number of ether oxygens (including phenoxy) is 3. The van der Waals surface area contributed by atoms with Gasteiger partial charge in [0.15, 0.2) is 0 Å². The van der Waals surface area contributed by atoms with E-state index < -0.39 is 20.3 Å². The average Bonchev–Trinajstić information content (AvgIpc) is 3.54. The predicted molar refractivity (Wildman–Crippen MR) is 183 cm³/mol. The topological polar surface area (TPSA) is 54.0 Å². The minimum atomic E-state index is -3.05. The van der Waals surface area contributed by atoms with Crippen LogP contribution < -0.4 is 15.1 Å². The first-order valence-corrected chi connectivity index (χ1v) is 17.9. The first-order valence-electron chi connectivity index (χ1n) is 16.0. The van der Waals surface area contributed by atoms with E-state index in [2.05, 4.69) is 95.0 Å². The van der Waals surface area contributed by atoms with E-state index in [9.17, 15) is 4.79 Å². The maximum atomic E-state index is 14.0. The van der Waals surface area contributed by atoms with Crippen molar-refractivity contribution in [3.8, 4) is 5.75 Å². The van der Waals surface area contributed by atoms with Gasteiger partial charge in [-0.1, -0.05) is 125 Å². The molecule has 5 atom stereocenters. The van der Waals surface area contributed by atoms with E-state index in [1.807, 2.05) is 36.4 Å². The van der Waals surface area contributed by atoms with Crippen LogP contribution in [0, 0.1) is 23.2 Å². The highest BCUT2D eigenvalue weighted by molar-refractivity contribution is 6.99. The molecule has 0 N–H and O–H groups in total. The summed E-state index contributed by atoms with van der Waals surface area (Å²) in [5.74, 6) is -0.0148. The molecule has 3 aromatic rings. The molecule has 5 nitrogen and oxygen atoms in total. The summed E-state index contributed by atoms with van der Waals surface area (Å²) in [5.41, 5.74) is 2.19. The van der Waals surface area contributed by atoms with E-state index in [0.29, 0.717) is 6.61 Å². The Balaban J connectivity index is 1.61. The summed E-state index contributed by atoms with van der Waals surface area (Å²) in [5, 5.41) is 2.04. The van der Waals surface area contributed by atoms with Crippen molar-refractivity contribution in [2.75, 3.05) is 20.8 Å². The molecule has 2 unspecified atom stereocenters. The minimum absolute atomic E-state index is 0.0278. The van der Waals surface area contributed by atoms with Gasteiger partial charge >= 0.3 is 5.97 Å². The van der Waals surface area contributed by atoms with Crippen molar-refractivity contribution in [1.29, 1.82) is 0 Å². The van der Waals surface area contributed by atoms with E-state index in [4.69, 9.17) is 18.6 Å². The lowest BCUT2D eigenvalue weighted by atomic mass is 9.72. The number of methoxy groups -OCH3 is 2. The van der Waals surface area contributed by atoms with Crippen LogP contribution in [0.15, 0.2) is 109 Å². The standard InChI is InChI=1S/C39H48O5Si/c1-28-22-24-39(5)25-23-33(36(28)39)35(37(40)42-7)34(27-43-26-29-18-20-30(41-6)21-19-29)44-45(38(2,3)4,31-14-10-8-11-15-31)32-16-12-9-13-17-32/h8-21,23,25,33-36H,1,22,24,26-27H2,2-7H3/t33-,34?,35?,36-,39+/m1/s1. The van der Waals surface area contributed by atoms with E-state index in [-0.39, 0.29) is 34.9 Å². The Morgan fingerprint density at radius 3 is 2.09 bits per heavy atom. The van der Waals surface area contributed by atoms with Crippen LogP contribution in [0.5, 0.6) is 5.75 Å². The molecule has 6 heteroatoms. The highest BCUT2D eigenvalue weighted by Crippen LogP contribution is 2.57. The van der Waals surface area contributed by atoms with Crippen molar-refractivity contribution in [1.82, 2.24) is 0 Å². The second kappa shape index (κ2) is 13.5. The third-order valence-corrected chi connectivity index (χ3v) is 15.0. The predicted octanol–water partition coefficient (Wildman–Crippen LogP) is 7.10. The fraction of sp³-hybridized carbons (Fsp3) is 0.410. The molecule has 0 heterocycles. The number of allylic oxidation sites excluding steroid dienone is 3. The summed E-state index contributed by atoms with van der Waals surface area (Å²) in [6.45, 7) is 14.2. The number of benzene rings is 3. The van der Waals surface area contributed by atoms with Crippen LogP contribution in [0.3, 0.4) is 0 Å². The number of carbonyl (C=O) groups is 1. The van der Waals surface area contributed by atoms with Gasteiger partial charge in [0, 0.05) is 0 Å². The summed E-state index contributed by atoms with van der Waals surface area (Å²) in [6.07, 6.45) is 5.94. The van der Waals surface area contributed by atoms with E-state index >= 15 is 0 Å². The number of hydrogen-bond donors (Lipinski definition) is 0. The van der Waals surface area contributed by atoms with Gasteiger partial charge < -0.3 is 18.6 Å². The zero-order chi connectivity index (χ0) is 32.2. The quantitative estimate of drug-likeness (QED) is 0.122. The molecule has 2 aliphatic carbocycles. The van der Waals surface area contributed by atoms with Gasteiger partial charge in [0.1, 0.15) is 5.75 Å². The van der Waals surface area contributed by atoms with Crippen LogP contribution in [-0.2, 0) is 25.3 Å². The van der Waals surface area contributed by atoms with E-state index in [0.717, 1.165) is 34.5 Å². The van der Waals surface area contributed by atoms with Gasteiger partial charge in [-0.2, -0.15) is 0 Å². The fourth-order valence-corrected chi connectivity index (χ4v) is 12.4. The van der Waals surface area contributed by atoms with E-state index in [1.165, 1.54) is 12.7 Å².